The van der Waals surface area contributed by atoms with E-state index in [1.807, 2.05) is 0 Å². The van der Waals surface area contributed by atoms with E-state index < -0.39 is 40.9 Å². The Kier molecular flexibility index (Phi) is 5.92. The van der Waals surface area contributed by atoms with Crippen LogP contribution in [-0.4, -0.2) is 40.5 Å². The predicted molar refractivity (Wildman–Crippen MR) is 70.6 cm³/mol. The van der Waals surface area contributed by atoms with Crippen molar-refractivity contribution in [3.8, 4) is 0 Å². The summed E-state index contributed by atoms with van der Waals surface area (Å²) in [5.74, 6) is -1.75. The molecule has 7 nitrogen and oxygen atoms in total. The molecule has 0 aromatic carbocycles. The van der Waals surface area contributed by atoms with E-state index in [4.69, 9.17) is 9.84 Å². The van der Waals surface area contributed by atoms with Gasteiger partial charge in [0.2, 0.25) is 0 Å². The lowest BCUT2D eigenvalue weighted by atomic mass is 10.2. The summed E-state index contributed by atoms with van der Waals surface area (Å²) in [6.45, 7) is 2.89. The number of carboxylic acids is 1. The van der Waals surface area contributed by atoms with Crippen LogP contribution in [0.15, 0.2) is 11.0 Å². The molecule has 0 radical (unpaired) electrons. The van der Waals surface area contributed by atoms with Crippen molar-refractivity contribution in [1.82, 2.24) is 10.2 Å². The first-order chi connectivity index (χ1) is 10.1. The predicted octanol–water partition coefficient (Wildman–Crippen LogP) is 1.33. The van der Waals surface area contributed by atoms with Gasteiger partial charge in [0.15, 0.2) is 0 Å². The summed E-state index contributed by atoms with van der Waals surface area (Å²) in [4.78, 5) is 21.9. The molecule has 0 fully saturated rings. The molecule has 3 N–H and O–H groups in total. The molecule has 0 saturated heterocycles. The summed E-state index contributed by atoms with van der Waals surface area (Å²) in [5.41, 5.74) is -3.17. The molecular weight excluding hydrogens is 307 g/mol. The van der Waals surface area contributed by atoms with Crippen molar-refractivity contribution in [2.24, 2.45) is 5.92 Å². The number of nitrogens with one attached hydrogen (secondary N) is 2. The molecule has 0 aliphatic rings. The lowest BCUT2D eigenvalue weighted by molar-refractivity contribution is -0.143. The number of carbonyl (C=O) groups is 1. The fourth-order valence-corrected chi connectivity index (χ4v) is 1.59. The maximum Gasteiger partial charge on any atom is 0.423 e. The zero-order valence-electron chi connectivity index (χ0n) is 11.9. The Morgan fingerprint density at radius 1 is 1.45 bits per heavy atom. The fourth-order valence-electron chi connectivity index (χ4n) is 1.59. The van der Waals surface area contributed by atoms with Crippen LogP contribution in [-0.2, 0) is 15.7 Å². The number of hydrogen-bond acceptors (Lipinski definition) is 5. The molecule has 0 amide bonds. The van der Waals surface area contributed by atoms with E-state index in [0.717, 1.165) is 6.20 Å². The Balaban J connectivity index is 2.69. The van der Waals surface area contributed by atoms with Crippen LogP contribution in [0.5, 0.6) is 0 Å². The van der Waals surface area contributed by atoms with Gasteiger partial charge in [-0.25, -0.2) is 5.10 Å². The molecule has 0 aliphatic heterocycles. The van der Waals surface area contributed by atoms with Crippen LogP contribution < -0.4 is 10.9 Å². The number of alkyl halides is 3. The summed E-state index contributed by atoms with van der Waals surface area (Å²) >= 11 is 0. The lowest BCUT2D eigenvalue weighted by Crippen LogP contribution is -2.29. The largest absolute Gasteiger partial charge is 0.481 e. The quantitative estimate of drug-likeness (QED) is 0.699. The molecule has 1 heterocycles. The average molecular weight is 323 g/mol. The van der Waals surface area contributed by atoms with Crippen molar-refractivity contribution in [3.05, 3.63) is 22.1 Å². The number of H-pyrrole nitrogens is 1. The van der Waals surface area contributed by atoms with E-state index in [1.165, 1.54) is 13.8 Å². The van der Waals surface area contributed by atoms with Crippen molar-refractivity contribution >= 4 is 11.7 Å². The number of rotatable bonds is 7. The zero-order valence-corrected chi connectivity index (χ0v) is 11.9. The van der Waals surface area contributed by atoms with Gasteiger partial charge in [-0.1, -0.05) is 0 Å². The molecule has 1 rings (SSSR count). The molecule has 0 aliphatic carbocycles. The number of nitrogens with zero attached hydrogens (tertiary/aromatic N) is 1. The second-order valence-electron chi connectivity index (χ2n) is 4.81. The van der Waals surface area contributed by atoms with Gasteiger partial charge in [-0.3, -0.25) is 9.59 Å². The van der Waals surface area contributed by atoms with Gasteiger partial charge in [-0.05, 0) is 13.8 Å². The van der Waals surface area contributed by atoms with Crippen molar-refractivity contribution in [1.29, 1.82) is 0 Å². The standard InChI is InChI=1S/C12H16F3N3O4/c1-6(11(20)21)4-22-5-7(2)17-8-3-16-18-10(19)9(8)12(13,14)15/h3,6-7H,4-5H2,1-2H3,(H,20,21)(H2,17,18,19)/t6?,7-/m0/s1. The molecule has 0 saturated carbocycles. The third-order valence-corrected chi connectivity index (χ3v) is 2.70. The minimum absolute atomic E-state index is 0.0261. The highest BCUT2D eigenvalue weighted by Crippen LogP contribution is 2.31. The summed E-state index contributed by atoms with van der Waals surface area (Å²) in [5, 5.41) is 16.2. The molecule has 2 atom stereocenters. The van der Waals surface area contributed by atoms with Crippen LogP contribution in [0.4, 0.5) is 18.9 Å². The molecule has 22 heavy (non-hydrogen) atoms. The maximum atomic E-state index is 12.8. The number of aromatic amines is 1. The Morgan fingerprint density at radius 2 is 2.09 bits per heavy atom. The summed E-state index contributed by atoms with van der Waals surface area (Å²) in [6.07, 6.45) is -3.96. The van der Waals surface area contributed by atoms with E-state index in [0.29, 0.717) is 0 Å². The van der Waals surface area contributed by atoms with Gasteiger partial charge in [0.05, 0.1) is 31.0 Å². The number of hydrogen-bond donors (Lipinski definition) is 3. The van der Waals surface area contributed by atoms with E-state index in [2.05, 4.69) is 10.4 Å². The Morgan fingerprint density at radius 3 is 2.64 bits per heavy atom. The summed E-state index contributed by atoms with van der Waals surface area (Å²) in [6, 6.07) is -0.578. The highest BCUT2D eigenvalue weighted by Gasteiger charge is 2.37. The van der Waals surface area contributed by atoms with E-state index >= 15 is 0 Å². The van der Waals surface area contributed by atoms with Crippen molar-refractivity contribution in [3.63, 3.8) is 0 Å². The smallest absolute Gasteiger partial charge is 0.423 e. The monoisotopic (exact) mass is 323 g/mol. The van der Waals surface area contributed by atoms with Gasteiger partial charge in [0.1, 0.15) is 5.56 Å². The van der Waals surface area contributed by atoms with Gasteiger partial charge in [0, 0.05) is 6.04 Å². The van der Waals surface area contributed by atoms with Crippen LogP contribution in [0.3, 0.4) is 0 Å². The van der Waals surface area contributed by atoms with Crippen LogP contribution in [0.1, 0.15) is 19.4 Å². The van der Waals surface area contributed by atoms with Crippen LogP contribution in [0.25, 0.3) is 0 Å². The first-order valence-electron chi connectivity index (χ1n) is 6.35. The molecular formula is C12H16F3N3O4. The number of ether oxygens (including phenoxy) is 1. The van der Waals surface area contributed by atoms with Gasteiger partial charge in [0.25, 0.3) is 5.56 Å². The van der Waals surface area contributed by atoms with Gasteiger partial charge in [-0.2, -0.15) is 18.3 Å². The molecule has 1 aromatic heterocycles. The number of carboxylic acid groups (broad SMARTS) is 1. The van der Waals surface area contributed by atoms with Crippen LogP contribution in [0.2, 0.25) is 0 Å². The minimum atomic E-state index is -4.82. The number of anilines is 1. The normalized spacial score (nSPS) is 14.4. The van der Waals surface area contributed by atoms with Crippen molar-refractivity contribution in [2.45, 2.75) is 26.1 Å². The number of halogens is 3. The van der Waals surface area contributed by atoms with E-state index in [9.17, 15) is 22.8 Å². The highest BCUT2D eigenvalue weighted by atomic mass is 19.4. The third kappa shape index (κ3) is 5.02. The molecule has 1 aromatic rings. The fraction of sp³-hybridized carbons (Fsp3) is 0.583. The zero-order chi connectivity index (χ0) is 16.9. The first kappa shape index (κ1) is 18.0. The maximum absolute atomic E-state index is 12.8. The lowest BCUT2D eigenvalue weighted by Gasteiger charge is -2.18. The molecule has 10 heteroatoms. The van der Waals surface area contributed by atoms with Gasteiger partial charge < -0.3 is 15.2 Å². The SMILES string of the molecule is CC(COC[C@H](C)Nc1cn[nH]c(=O)c1C(F)(F)F)C(=O)O. The van der Waals surface area contributed by atoms with Gasteiger partial charge in [-0.15, -0.1) is 0 Å². The van der Waals surface area contributed by atoms with Gasteiger partial charge >= 0.3 is 12.1 Å². The Hall–Kier alpha value is -2.10. The number of aliphatic carboxylic acids is 1. The van der Waals surface area contributed by atoms with Crippen molar-refractivity contribution < 1.29 is 27.8 Å². The molecule has 0 bridgehead atoms. The topological polar surface area (TPSA) is 104 Å². The Labute approximate surface area is 123 Å². The van der Waals surface area contributed by atoms with Crippen LogP contribution in [0, 0.1) is 5.92 Å². The first-order valence-corrected chi connectivity index (χ1v) is 6.35. The second kappa shape index (κ2) is 7.25. The summed E-state index contributed by atoms with van der Waals surface area (Å²) < 4.78 is 43.6. The Bertz CT molecular complexity index is 573. The van der Waals surface area contributed by atoms with E-state index in [1.54, 1.807) is 5.10 Å². The minimum Gasteiger partial charge on any atom is -0.481 e. The van der Waals surface area contributed by atoms with Crippen molar-refractivity contribution in [2.75, 3.05) is 18.5 Å². The molecule has 124 valence electrons. The second-order valence-corrected chi connectivity index (χ2v) is 4.81. The number of aromatic nitrogens is 2. The molecule has 0 spiro atoms. The highest BCUT2D eigenvalue weighted by molar-refractivity contribution is 5.69. The van der Waals surface area contributed by atoms with E-state index in [-0.39, 0.29) is 13.2 Å². The molecule has 1 unspecified atom stereocenters. The average Bonchev–Trinajstić information content (AvgIpc) is 2.36. The summed E-state index contributed by atoms with van der Waals surface area (Å²) in [7, 11) is 0. The third-order valence-electron chi connectivity index (χ3n) is 2.70. The van der Waals surface area contributed by atoms with Crippen LogP contribution >= 0.6 is 0 Å².